The van der Waals surface area contributed by atoms with E-state index < -0.39 is 5.82 Å². The van der Waals surface area contributed by atoms with Crippen LogP contribution in [0.4, 0.5) is 4.39 Å². The van der Waals surface area contributed by atoms with Crippen molar-refractivity contribution in [1.29, 1.82) is 0 Å². The van der Waals surface area contributed by atoms with E-state index in [0.29, 0.717) is 59.8 Å². The number of hydrogen-bond acceptors (Lipinski definition) is 8. The molecule has 0 N–H and O–H groups in total. The molecule has 0 amide bonds. The van der Waals surface area contributed by atoms with Gasteiger partial charge in [-0.15, -0.1) is 0 Å². The van der Waals surface area contributed by atoms with Crippen LogP contribution in [0.2, 0.25) is 0 Å². The first-order valence-electron chi connectivity index (χ1n) is 15.0. The minimum absolute atomic E-state index is 0.0683. The number of fused-ring (bicyclic) bond motifs is 2. The zero-order valence-corrected chi connectivity index (χ0v) is 24.7. The van der Waals surface area contributed by atoms with E-state index in [2.05, 4.69) is 9.97 Å². The second kappa shape index (κ2) is 12.2. The lowest BCUT2D eigenvalue weighted by Gasteiger charge is -2.19. The number of benzene rings is 3. The van der Waals surface area contributed by atoms with E-state index >= 15 is 4.39 Å². The molecule has 1 fully saturated rings. The molecule has 2 aliphatic heterocycles. The minimum Gasteiger partial charge on any atom is -0.493 e. The quantitative estimate of drug-likeness (QED) is 0.203. The van der Waals surface area contributed by atoms with Crippen LogP contribution >= 0.6 is 0 Å². The highest BCUT2D eigenvalue weighted by atomic mass is 19.1. The van der Waals surface area contributed by atoms with Crippen LogP contribution in [-0.4, -0.2) is 51.5 Å². The van der Waals surface area contributed by atoms with Crippen molar-refractivity contribution in [3.63, 3.8) is 0 Å². The van der Waals surface area contributed by atoms with Crippen molar-refractivity contribution in [2.45, 2.75) is 44.8 Å². The SMILES string of the molecule is COc1cc2c(Oc3ccc(CC(=O)c4c5n(n(-c6ccccc6)c4=O)CCCC5)cc3F)ncnc2cc1O[C@@H]1CCOC1. The Balaban J connectivity index is 1.14. The maximum Gasteiger partial charge on any atom is 0.282 e. The van der Waals surface area contributed by atoms with E-state index in [1.165, 1.54) is 25.6 Å². The fraction of sp³-hybridized carbons (Fsp3) is 0.294. The number of ether oxygens (including phenoxy) is 4. The second-order valence-electron chi connectivity index (χ2n) is 11.1. The predicted molar refractivity (Wildman–Crippen MR) is 163 cm³/mol. The smallest absolute Gasteiger partial charge is 0.282 e. The zero-order chi connectivity index (χ0) is 30.9. The lowest BCUT2D eigenvalue weighted by Crippen LogP contribution is -2.24. The lowest BCUT2D eigenvalue weighted by atomic mass is 9.99. The Morgan fingerprint density at radius 2 is 1.91 bits per heavy atom. The van der Waals surface area contributed by atoms with E-state index in [1.54, 1.807) is 22.9 Å². The lowest BCUT2D eigenvalue weighted by molar-refractivity contribution is 0.0990. The summed E-state index contributed by atoms with van der Waals surface area (Å²) in [6.07, 6.45) is 4.36. The number of carbonyl (C=O) groups excluding carboxylic acids is 1. The maximum atomic E-state index is 15.4. The molecule has 2 aliphatic rings. The van der Waals surface area contributed by atoms with Gasteiger partial charge < -0.3 is 18.9 Å². The van der Waals surface area contributed by atoms with Gasteiger partial charge in [0.25, 0.3) is 5.56 Å². The molecule has 11 heteroatoms. The Hall–Kier alpha value is -5.03. The summed E-state index contributed by atoms with van der Waals surface area (Å²) in [5.74, 6) is 0.0400. The third kappa shape index (κ3) is 5.55. The molecule has 7 rings (SSSR count). The fourth-order valence-corrected chi connectivity index (χ4v) is 6.01. The number of ketones is 1. The van der Waals surface area contributed by atoms with Gasteiger partial charge in [0.2, 0.25) is 5.88 Å². The first-order valence-corrected chi connectivity index (χ1v) is 15.0. The highest BCUT2D eigenvalue weighted by Gasteiger charge is 2.28. The van der Waals surface area contributed by atoms with Crippen molar-refractivity contribution in [2.24, 2.45) is 0 Å². The van der Waals surface area contributed by atoms with Gasteiger partial charge in [-0.2, -0.15) is 0 Å². The van der Waals surface area contributed by atoms with Crippen LogP contribution < -0.4 is 19.8 Å². The number of rotatable bonds is 9. The minimum atomic E-state index is -0.666. The Labute approximate surface area is 257 Å². The van der Waals surface area contributed by atoms with Crippen LogP contribution in [0.1, 0.15) is 40.9 Å². The summed E-state index contributed by atoms with van der Waals surface area (Å²) in [5, 5.41) is 0.510. The molecule has 2 aromatic heterocycles. The molecule has 1 saturated heterocycles. The summed E-state index contributed by atoms with van der Waals surface area (Å²) in [7, 11) is 1.53. The zero-order valence-electron chi connectivity index (χ0n) is 24.7. The van der Waals surface area contributed by atoms with Crippen LogP contribution in [0.25, 0.3) is 16.6 Å². The molecule has 1 atom stereocenters. The molecule has 230 valence electrons. The Kier molecular flexibility index (Phi) is 7.76. The van der Waals surface area contributed by atoms with E-state index in [0.717, 1.165) is 25.0 Å². The molecule has 0 bridgehead atoms. The van der Waals surface area contributed by atoms with E-state index in [1.807, 2.05) is 35.0 Å². The van der Waals surface area contributed by atoms with E-state index in [-0.39, 0.29) is 41.1 Å². The average molecular weight is 611 g/mol. The normalized spacial score (nSPS) is 16.0. The standard InChI is InChI=1S/C34H31FN4O6/c1-42-30-17-24-26(18-31(30)44-23-12-14-43-19-23)36-20-37-33(24)45-29-11-10-21(15-25(29)35)16-28(40)32-27-9-5-6-13-38(27)39(34(32)41)22-7-3-2-4-8-22/h2-4,7-8,10-11,15,17-18,20,23H,5-6,9,12-14,16,19H2,1H3/t23-/m1/s1. The monoisotopic (exact) mass is 610 g/mol. The van der Waals surface area contributed by atoms with Crippen molar-refractivity contribution < 1.29 is 28.1 Å². The third-order valence-corrected chi connectivity index (χ3v) is 8.19. The Morgan fingerprint density at radius 1 is 1.04 bits per heavy atom. The van der Waals surface area contributed by atoms with Crippen LogP contribution in [0.5, 0.6) is 23.1 Å². The van der Waals surface area contributed by atoms with E-state index in [4.69, 9.17) is 18.9 Å². The van der Waals surface area contributed by atoms with Gasteiger partial charge in [0.1, 0.15) is 18.0 Å². The molecule has 10 nitrogen and oxygen atoms in total. The molecular weight excluding hydrogens is 579 g/mol. The second-order valence-corrected chi connectivity index (χ2v) is 11.1. The van der Waals surface area contributed by atoms with Crippen molar-refractivity contribution in [1.82, 2.24) is 19.3 Å². The topological polar surface area (TPSA) is 107 Å². The number of aromatic nitrogens is 4. The Bertz CT molecular complexity index is 1950. The average Bonchev–Trinajstić information content (AvgIpc) is 3.67. The van der Waals surface area contributed by atoms with Gasteiger partial charge in [-0.3, -0.25) is 14.3 Å². The first kappa shape index (κ1) is 28.7. The van der Waals surface area contributed by atoms with Crippen molar-refractivity contribution in [2.75, 3.05) is 20.3 Å². The molecule has 0 radical (unpaired) electrons. The molecule has 0 aliphatic carbocycles. The number of carbonyl (C=O) groups is 1. The van der Waals surface area contributed by atoms with Gasteiger partial charge in [0.05, 0.1) is 42.6 Å². The molecule has 0 saturated carbocycles. The number of Topliss-reactive ketones (excluding diaryl/α,β-unsaturated/α-hetero) is 1. The Morgan fingerprint density at radius 3 is 2.69 bits per heavy atom. The van der Waals surface area contributed by atoms with Gasteiger partial charge in [-0.1, -0.05) is 24.3 Å². The molecule has 45 heavy (non-hydrogen) atoms. The number of para-hydroxylation sites is 1. The summed E-state index contributed by atoms with van der Waals surface area (Å²) >= 11 is 0. The van der Waals surface area contributed by atoms with Gasteiger partial charge >= 0.3 is 0 Å². The van der Waals surface area contributed by atoms with Crippen molar-refractivity contribution >= 4 is 16.7 Å². The summed E-state index contributed by atoms with van der Waals surface area (Å²) < 4.78 is 41.8. The number of hydrogen-bond donors (Lipinski definition) is 0. The van der Waals surface area contributed by atoms with Gasteiger partial charge in [-0.25, -0.2) is 19.0 Å². The van der Waals surface area contributed by atoms with Crippen LogP contribution in [-0.2, 0) is 24.1 Å². The van der Waals surface area contributed by atoms with Crippen molar-refractivity contribution in [3.05, 3.63) is 100.0 Å². The highest BCUT2D eigenvalue weighted by Crippen LogP contribution is 2.37. The third-order valence-electron chi connectivity index (χ3n) is 8.19. The van der Waals surface area contributed by atoms with Crippen molar-refractivity contribution in [3.8, 4) is 28.8 Å². The van der Waals surface area contributed by atoms with Crippen LogP contribution in [0.15, 0.2) is 71.8 Å². The summed E-state index contributed by atoms with van der Waals surface area (Å²) in [6, 6.07) is 17.1. The van der Waals surface area contributed by atoms with Crippen LogP contribution in [0.3, 0.4) is 0 Å². The molecule has 4 heterocycles. The number of halogens is 1. The van der Waals surface area contributed by atoms with Gasteiger partial charge in [-0.05, 0) is 55.2 Å². The summed E-state index contributed by atoms with van der Waals surface area (Å²) in [4.78, 5) is 35.7. The van der Waals surface area contributed by atoms with Crippen LogP contribution in [0, 0.1) is 5.82 Å². The summed E-state index contributed by atoms with van der Waals surface area (Å²) in [6.45, 7) is 1.79. The predicted octanol–water partition coefficient (Wildman–Crippen LogP) is 5.45. The van der Waals surface area contributed by atoms with Gasteiger partial charge in [0.15, 0.2) is 28.8 Å². The molecule has 3 aromatic carbocycles. The highest BCUT2D eigenvalue weighted by molar-refractivity contribution is 5.98. The molecular formula is C34H31FN4O6. The van der Waals surface area contributed by atoms with E-state index in [9.17, 15) is 9.59 Å². The molecule has 0 unspecified atom stereocenters. The number of nitrogens with zero attached hydrogens (tertiary/aromatic N) is 4. The fourth-order valence-electron chi connectivity index (χ4n) is 6.01. The molecule has 0 spiro atoms. The first-order chi connectivity index (χ1) is 22.0. The summed E-state index contributed by atoms with van der Waals surface area (Å²) in [5.41, 5.74) is 2.23. The number of methoxy groups -OCH3 is 1. The largest absolute Gasteiger partial charge is 0.493 e. The maximum absolute atomic E-state index is 15.4. The van der Waals surface area contributed by atoms with Gasteiger partial charge in [0, 0.05) is 25.5 Å². The molecule has 5 aromatic rings.